The van der Waals surface area contributed by atoms with Gasteiger partial charge >= 0.3 is 0 Å². The molecule has 2 nitrogen and oxygen atoms in total. The third-order valence-electron chi connectivity index (χ3n) is 2.21. The molecule has 0 radical (unpaired) electrons. The number of rotatable bonds is 7. The molecule has 0 aromatic carbocycles. The fourth-order valence-corrected chi connectivity index (χ4v) is 3.84. The van der Waals surface area contributed by atoms with Gasteiger partial charge < -0.3 is 8.85 Å². The summed E-state index contributed by atoms with van der Waals surface area (Å²) in [4.78, 5) is 0. The van der Waals surface area contributed by atoms with Crippen LogP contribution in [-0.4, -0.2) is 25.8 Å². The molecule has 0 aliphatic heterocycles. The van der Waals surface area contributed by atoms with E-state index < -0.39 is 0 Å². The molecule has 0 bridgehead atoms. The van der Waals surface area contributed by atoms with Crippen LogP contribution in [0.3, 0.4) is 0 Å². The summed E-state index contributed by atoms with van der Waals surface area (Å²) in [6, 6.07) is 0. The van der Waals surface area contributed by atoms with Gasteiger partial charge in [0, 0.05) is 5.41 Å². The summed E-state index contributed by atoms with van der Waals surface area (Å²) in [5, 5.41) is 0. The van der Waals surface area contributed by atoms with Gasteiger partial charge in [0.15, 0.2) is 19.5 Å². The Balaban J connectivity index is 4.28. The van der Waals surface area contributed by atoms with Crippen molar-refractivity contribution in [3.05, 3.63) is 0 Å². The highest BCUT2D eigenvalue weighted by Gasteiger charge is 2.30. The van der Waals surface area contributed by atoms with Crippen LogP contribution < -0.4 is 0 Å². The minimum atomic E-state index is -0.370. The summed E-state index contributed by atoms with van der Waals surface area (Å²) < 4.78 is 11.6. The maximum atomic E-state index is 5.80. The summed E-state index contributed by atoms with van der Waals surface area (Å²) in [5.74, 6) is 0.705. The van der Waals surface area contributed by atoms with E-state index in [0.717, 1.165) is 0 Å². The lowest BCUT2D eigenvalue weighted by Crippen LogP contribution is -2.37. The molecule has 0 spiro atoms. The molecule has 4 heteroatoms. The van der Waals surface area contributed by atoms with E-state index >= 15 is 0 Å². The summed E-state index contributed by atoms with van der Waals surface area (Å²) >= 11 is 0. The van der Waals surface area contributed by atoms with Crippen molar-refractivity contribution < 1.29 is 8.85 Å². The molecule has 0 rings (SSSR count). The lowest BCUT2D eigenvalue weighted by molar-refractivity contribution is -0.0863. The molecule has 0 aromatic heterocycles. The van der Waals surface area contributed by atoms with E-state index in [-0.39, 0.29) is 31.2 Å². The molecule has 0 aliphatic carbocycles. The van der Waals surface area contributed by atoms with Crippen LogP contribution in [0.25, 0.3) is 0 Å². The number of hydrogen-bond donors (Lipinski definition) is 0. The molecule has 0 N–H and O–H groups in total. The Morgan fingerprint density at radius 3 is 1.79 bits per heavy atom. The average molecular weight is 234 g/mol. The third kappa shape index (κ3) is 5.29. The van der Waals surface area contributed by atoms with E-state index in [1.807, 2.05) is 0 Å². The Labute approximate surface area is 93.6 Å². The minimum Gasteiger partial charge on any atom is -0.400 e. The van der Waals surface area contributed by atoms with Crippen molar-refractivity contribution in [3.63, 3.8) is 0 Å². The standard InChI is InChI=1S/C10H26O2Si2/c1-8(2)7-10(3,4)9(11-13-5)12-14-6/h8-9H,7,13-14H2,1-6H3. The molecule has 0 heterocycles. The van der Waals surface area contributed by atoms with E-state index in [1.54, 1.807) is 0 Å². The molecular weight excluding hydrogens is 208 g/mol. The fourth-order valence-electron chi connectivity index (χ4n) is 1.95. The minimum absolute atomic E-state index is 0.0539. The zero-order valence-electron chi connectivity index (χ0n) is 10.6. The van der Waals surface area contributed by atoms with Gasteiger partial charge in [0.25, 0.3) is 0 Å². The lowest BCUT2D eigenvalue weighted by atomic mass is 9.83. The first-order chi connectivity index (χ1) is 6.44. The summed E-state index contributed by atoms with van der Waals surface area (Å²) in [5.41, 5.74) is 0.167. The SMILES string of the molecule is C[SiH2]OC(O[SiH2]C)C(C)(C)CC(C)C. The van der Waals surface area contributed by atoms with E-state index in [1.165, 1.54) is 6.42 Å². The van der Waals surface area contributed by atoms with Gasteiger partial charge in [-0.2, -0.15) is 0 Å². The Morgan fingerprint density at radius 1 is 1.07 bits per heavy atom. The first-order valence-corrected chi connectivity index (χ1v) is 9.65. The normalized spacial score (nSPS) is 16.5. The third-order valence-corrected chi connectivity index (χ3v) is 3.48. The second-order valence-electron chi connectivity index (χ2n) is 4.83. The molecule has 14 heavy (non-hydrogen) atoms. The zero-order chi connectivity index (χ0) is 11.2. The predicted octanol–water partition coefficient (Wildman–Crippen LogP) is 1.68. The van der Waals surface area contributed by atoms with E-state index in [4.69, 9.17) is 8.85 Å². The maximum absolute atomic E-state index is 5.80. The molecule has 0 saturated carbocycles. The van der Waals surface area contributed by atoms with Crippen LogP contribution in [0.4, 0.5) is 0 Å². The molecule has 0 unspecified atom stereocenters. The van der Waals surface area contributed by atoms with Crippen molar-refractivity contribution in [2.75, 3.05) is 0 Å². The van der Waals surface area contributed by atoms with Gasteiger partial charge in [-0.05, 0) is 12.3 Å². The van der Waals surface area contributed by atoms with Gasteiger partial charge in [0.2, 0.25) is 0 Å². The van der Waals surface area contributed by atoms with Crippen molar-refractivity contribution in [3.8, 4) is 0 Å². The van der Waals surface area contributed by atoms with Crippen LogP contribution in [0.15, 0.2) is 0 Å². The van der Waals surface area contributed by atoms with Crippen LogP contribution in [-0.2, 0) is 8.85 Å². The first kappa shape index (κ1) is 14.4. The van der Waals surface area contributed by atoms with E-state index in [2.05, 4.69) is 40.8 Å². The smallest absolute Gasteiger partial charge is 0.161 e. The summed E-state index contributed by atoms with van der Waals surface area (Å²) in [6.07, 6.45) is 1.22. The predicted molar refractivity (Wildman–Crippen MR) is 68.0 cm³/mol. The van der Waals surface area contributed by atoms with Crippen molar-refractivity contribution in [1.82, 2.24) is 0 Å². The summed E-state index contributed by atoms with van der Waals surface area (Å²) in [6.45, 7) is 13.4. The Hall–Kier alpha value is 0.354. The molecule has 0 saturated heterocycles. The molecule has 86 valence electrons. The molecule has 0 amide bonds. The second kappa shape index (κ2) is 6.77. The monoisotopic (exact) mass is 234 g/mol. The van der Waals surface area contributed by atoms with Crippen LogP contribution in [0, 0.1) is 11.3 Å². The lowest BCUT2D eigenvalue weighted by Gasteiger charge is -2.35. The molecular formula is C10H26O2Si2. The Bertz CT molecular complexity index is 143. The van der Waals surface area contributed by atoms with Crippen LogP contribution in [0.2, 0.25) is 13.1 Å². The molecule has 0 atom stereocenters. The van der Waals surface area contributed by atoms with Crippen molar-refractivity contribution >= 4 is 19.5 Å². The quantitative estimate of drug-likeness (QED) is 0.493. The van der Waals surface area contributed by atoms with Gasteiger partial charge in [-0.15, -0.1) is 0 Å². The highest BCUT2D eigenvalue weighted by Crippen LogP contribution is 2.31. The van der Waals surface area contributed by atoms with Crippen molar-refractivity contribution in [2.45, 2.75) is 53.5 Å². The summed E-state index contributed by atoms with van der Waals surface area (Å²) in [7, 11) is -0.740. The zero-order valence-corrected chi connectivity index (χ0v) is 13.4. The van der Waals surface area contributed by atoms with Crippen LogP contribution in [0.1, 0.15) is 34.1 Å². The molecule has 0 fully saturated rings. The topological polar surface area (TPSA) is 18.5 Å². The van der Waals surface area contributed by atoms with Crippen molar-refractivity contribution in [2.24, 2.45) is 11.3 Å². The Morgan fingerprint density at radius 2 is 1.50 bits per heavy atom. The van der Waals surface area contributed by atoms with Crippen molar-refractivity contribution in [1.29, 1.82) is 0 Å². The first-order valence-electron chi connectivity index (χ1n) is 5.67. The highest BCUT2D eigenvalue weighted by atomic mass is 28.2. The molecule has 0 aliphatic rings. The van der Waals surface area contributed by atoms with Gasteiger partial charge in [-0.1, -0.05) is 40.8 Å². The average Bonchev–Trinajstić information content (AvgIpc) is 2.01. The Kier molecular flexibility index (Phi) is 6.94. The highest BCUT2D eigenvalue weighted by molar-refractivity contribution is 6.26. The van der Waals surface area contributed by atoms with E-state index in [9.17, 15) is 0 Å². The second-order valence-corrected chi connectivity index (χ2v) is 6.65. The maximum Gasteiger partial charge on any atom is 0.161 e. The van der Waals surface area contributed by atoms with E-state index in [0.29, 0.717) is 5.92 Å². The van der Waals surface area contributed by atoms with Gasteiger partial charge in [-0.25, -0.2) is 0 Å². The van der Waals surface area contributed by atoms with Gasteiger partial charge in [0.1, 0.15) is 6.29 Å². The van der Waals surface area contributed by atoms with Gasteiger partial charge in [-0.3, -0.25) is 0 Å². The van der Waals surface area contributed by atoms with Gasteiger partial charge in [0.05, 0.1) is 0 Å². The van der Waals surface area contributed by atoms with Crippen LogP contribution in [0.5, 0.6) is 0 Å². The number of hydrogen-bond acceptors (Lipinski definition) is 2. The van der Waals surface area contributed by atoms with Crippen LogP contribution >= 0.6 is 0 Å². The fraction of sp³-hybridized carbons (Fsp3) is 1.00. The largest absolute Gasteiger partial charge is 0.400 e. The molecule has 0 aromatic rings.